The van der Waals surface area contributed by atoms with Gasteiger partial charge in [-0.15, -0.1) is 10.2 Å². The Bertz CT molecular complexity index is 713. The summed E-state index contributed by atoms with van der Waals surface area (Å²) in [5.74, 6) is 2.38. The highest BCUT2D eigenvalue weighted by Gasteiger charge is 2.30. The lowest BCUT2D eigenvalue weighted by Gasteiger charge is -2.33. The minimum Gasteiger partial charge on any atom is -0.342 e. The fourth-order valence-corrected chi connectivity index (χ4v) is 4.40. The van der Waals surface area contributed by atoms with E-state index in [9.17, 15) is 4.79 Å². The van der Waals surface area contributed by atoms with Gasteiger partial charge in [0.1, 0.15) is 12.2 Å². The van der Waals surface area contributed by atoms with Crippen LogP contribution in [0.2, 0.25) is 0 Å². The number of hydrogen-bond donors (Lipinski definition) is 0. The van der Waals surface area contributed by atoms with Crippen molar-refractivity contribution >= 4 is 5.91 Å². The molecular weight excluding hydrogens is 324 g/mol. The summed E-state index contributed by atoms with van der Waals surface area (Å²) in [4.78, 5) is 14.7. The molecule has 0 atom stereocenters. The van der Waals surface area contributed by atoms with Crippen molar-refractivity contribution in [2.75, 3.05) is 13.1 Å². The van der Waals surface area contributed by atoms with Gasteiger partial charge in [0.05, 0.1) is 6.54 Å². The Labute approximate surface area is 155 Å². The maximum absolute atomic E-state index is 12.6. The summed E-state index contributed by atoms with van der Waals surface area (Å²) in [6.45, 7) is 2.64. The Hall–Kier alpha value is -2.17. The van der Waals surface area contributed by atoms with Crippen LogP contribution in [0, 0.1) is 11.8 Å². The van der Waals surface area contributed by atoms with Crippen molar-refractivity contribution in [1.82, 2.24) is 19.7 Å². The minimum atomic E-state index is 0.306. The summed E-state index contributed by atoms with van der Waals surface area (Å²) >= 11 is 0. The molecule has 2 heterocycles. The molecule has 0 bridgehead atoms. The summed E-state index contributed by atoms with van der Waals surface area (Å²) in [5.41, 5.74) is 1.27. The number of amides is 1. The van der Waals surface area contributed by atoms with E-state index in [1.807, 2.05) is 12.4 Å². The number of piperidine rings is 1. The lowest BCUT2D eigenvalue weighted by molar-refractivity contribution is -0.136. The molecular formula is C21H28N4O. The van der Waals surface area contributed by atoms with Crippen molar-refractivity contribution in [2.24, 2.45) is 11.8 Å². The smallest absolute Gasteiger partial charge is 0.225 e. The van der Waals surface area contributed by atoms with Gasteiger partial charge in [0, 0.05) is 25.4 Å². The van der Waals surface area contributed by atoms with Crippen LogP contribution in [-0.2, 0) is 17.8 Å². The molecule has 0 unspecified atom stereocenters. The number of benzene rings is 1. The third kappa shape index (κ3) is 3.97. The van der Waals surface area contributed by atoms with Gasteiger partial charge in [0.25, 0.3) is 0 Å². The van der Waals surface area contributed by atoms with E-state index in [2.05, 4.69) is 43.9 Å². The molecule has 0 spiro atoms. The van der Waals surface area contributed by atoms with E-state index in [1.165, 1.54) is 18.4 Å². The summed E-state index contributed by atoms with van der Waals surface area (Å²) in [6, 6.07) is 10.4. The molecule has 5 heteroatoms. The van der Waals surface area contributed by atoms with Gasteiger partial charge < -0.3 is 9.47 Å². The van der Waals surface area contributed by atoms with Gasteiger partial charge >= 0.3 is 0 Å². The number of nitrogens with zero attached hydrogens (tertiary/aromatic N) is 4. The largest absolute Gasteiger partial charge is 0.342 e. The fraction of sp³-hybridized carbons (Fsp3) is 0.571. The van der Waals surface area contributed by atoms with Crippen LogP contribution in [0.25, 0.3) is 0 Å². The lowest BCUT2D eigenvalue weighted by atomic mass is 9.92. The lowest BCUT2D eigenvalue weighted by Crippen LogP contribution is -2.41. The average Bonchev–Trinajstić information content (AvgIpc) is 3.35. The molecule has 138 valence electrons. The van der Waals surface area contributed by atoms with Gasteiger partial charge in [-0.25, -0.2) is 0 Å². The van der Waals surface area contributed by atoms with Gasteiger partial charge in [-0.05, 0) is 37.2 Å². The summed E-state index contributed by atoms with van der Waals surface area (Å²) in [5, 5.41) is 8.48. The fourth-order valence-electron chi connectivity index (χ4n) is 4.40. The van der Waals surface area contributed by atoms with Crippen LogP contribution in [0.15, 0.2) is 36.7 Å². The number of hydrogen-bond acceptors (Lipinski definition) is 3. The Morgan fingerprint density at radius 2 is 1.77 bits per heavy atom. The SMILES string of the molecule is O=C(C1CCCC1)N1CCC(Cc2nncn2Cc2ccccc2)CC1. The molecule has 4 rings (SSSR count). The second-order valence-corrected chi connectivity index (χ2v) is 7.81. The Kier molecular flexibility index (Phi) is 5.32. The highest BCUT2D eigenvalue weighted by atomic mass is 16.2. The second-order valence-electron chi connectivity index (χ2n) is 7.81. The van der Waals surface area contributed by atoms with E-state index in [1.54, 1.807) is 0 Å². The summed E-state index contributed by atoms with van der Waals surface area (Å²) in [6.07, 6.45) is 9.60. The summed E-state index contributed by atoms with van der Waals surface area (Å²) < 4.78 is 2.16. The predicted molar refractivity (Wildman–Crippen MR) is 101 cm³/mol. The van der Waals surface area contributed by atoms with Crippen molar-refractivity contribution in [1.29, 1.82) is 0 Å². The molecule has 0 N–H and O–H groups in total. The second kappa shape index (κ2) is 8.02. The molecule has 1 saturated heterocycles. The van der Waals surface area contributed by atoms with Crippen molar-refractivity contribution in [3.63, 3.8) is 0 Å². The van der Waals surface area contributed by atoms with E-state index in [4.69, 9.17) is 0 Å². The number of carbonyl (C=O) groups excluding carboxylic acids is 1. The van der Waals surface area contributed by atoms with E-state index in [0.29, 0.717) is 17.7 Å². The zero-order chi connectivity index (χ0) is 17.8. The van der Waals surface area contributed by atoms with Crippen molar-refractivity contribution < 1.29 is 4.79 Å². The third-order valence-electron chi connectivity index (χ3n) is 5.99. The van der Waals surface area contributed by atoms with Crippen LogP contribution in [0.1, 0.15) is 49.9 Å². The number of rotatable bonds is 5. The Balaban J connectivity index is 1.31. The normalized spacial score (nSPS) is 19.2. The predicted octanol–water partition coefficient (Wildman–Crippen LogP) is 3.30. The van der Waals surface area contributed by atoms with E-state index < -0.39 is 0 Å². The zero-order valence-electron chi connectivity index (χ0n) is 15.4. The van der Waals surface area contributed by atoms with Gasteiger partial charge in [0.15, 0.2) is 0 Å². The molecule has 26 heavy (non-hydrogen) atoms. The quantitative estimate of drug-likeness (QED) is 0.830. The van der Waals surface area contributed by atoms with Crippen LogP contribution in [0.3, 0.4) is 0 Å². The van der Waals surface area contributed by atoms with Crippen molar-refractivity contribution in [3.05, 3.63) is 48.0 Å². The summed E-state index contributed by atoms with van der Waals surface area (Å²) in [7, 11) is 0. The van der Waals surface area contributed by atoms with Crippen LogP contribution in [0.5, 0.6) is 0 Å². The molecule has 1 aromatic heterocycles. The van der Waals surface area contributed by atoms with Crippen LogP contribution in [-0.4, -0.2) is 38.7 Å². The topological polar surface area (TPSA) is 51.0 Å². The van der Waals surface area contributed by atoms with Gasteiger partial charge in [-0.1, -0.05) is 43.2 Å². The first-order valence-corrected chi connectivity index (χ1v) is 9.99. The molecule has 1 aromatic carbocycles. The third-order valence-corrected chi connectivity index (χ3v) is 5.99. The molecule has 2 aromatic rings. The number of likely N-dealkylation sites (tertiary alicyclic amines) is 1. The molecule has 1 saturated carbocycles. The standard InChI is InChI=1S/C21H28N4O/c26-21(19-8-4-5-9-19)24-12-10-17(11-13-24)14-20-23-22-16-25(20)15-18-6-2-1-3-7-18/h1-3,6-7,16-17,19H,4-5,8-15H2. The first-order valence-electron chi connectivity index (χ1n) is 9.99. The van der Waals surface area contributed by atoms with Crippen LogP contribution < -0.4 is 0 Å². The van der Waals surface area contributed by atoms with E-state index in [-0.39, 0.29) is 0 Å². The molecule has 5 nitrogen and oxygen atoms in total. The van der Waals surface area contributed by atoms with Gasteiger partial charge in [-0.2, -0.15) is 0 Å². The molecule has 2 fully saturated rings. The number of carbonyl (C=O) groups is 1. The molecule has 0 radical (unpaired) electrons. The first-order chi connectivity index (χ1) is 12.8. The van der Waals surface area contributed by atoms with E-state index >= 15 is 0 Å². The highest BCUT2D eigenvalue weighted by molar-refractivity contribution is 5.79. The Morgan fingerprint density at radius 1 is 1.04 bits per heavy atom. The van der Waals surface area contributed by atoms with Crippen LogP contribution >= 0.6 is 0 Å². The zero-order valence-corrected chi connectivity index (χ0v) is 15.4. The molecule has 2 aliphatic rings. The van der Waals surface area contributed by atoms with Gasteiger partial charge in [-0.3, -0.25) is 4.79 Å². The monoisotopic (exact) mass is 352 g/mol. The van der Waals surface area contributed by atoms with Gasteiger partial charge in [0.2, 0.25) is 5.91 Å². The van der Waals surface area contributed by atoms with E-state index in [0.717, 1.165) is 57.6 Å². The van der Waals surface area contributed by atoms with Crippen molar-refractivity contribution in [3.8, 4) is 0 Å². The molecule has 1 aliphatic carbocycles. The highest BCUT2D eigenvalue weighted by Crippen LogP contribution is 2.29. The maximum Gasteiger partial charge on any atom is 0.225 e. The Morgan fingerprint density at radius 3 is 2.50 bits per heavy atom. The van der Waals surface area contributed by atoms with Crippen molar-refractivity contribution in [2.45, 2.75) is 51.5 Å². The first kappa shape index (κ1) is 17.3. The van der Waals surface area contributed by atoms with Crippen LogP contribution in [0.4, 0.5) is 0 Å². The molecule has 1 aliphatic heterocycles. The number of aromatic nitrogens is 3. The molecule has 1 amide bonds. The average molecular weight is 352 g/mol. The maximum atomic E-state index is 12.6. The minimum absolute atomic E-state index is 0.306.